The van der Waals surface area contributed by atoms with Crippen LogP contribution in [0, 0.1) is 0 Å². The van der Waals surface area contributed by atoms with Crippen LogP contribution in [0.25, 0.3) is 10.2 Å². The molecule has 0 aliphatic heterocycles. The molecule has 2 N–H and O–H groups in total. The number of amides is 1. The van der Waals surface area contributed by atoms with Gasteiger partial charge in [-0.1, -0.05) is 23.1 Å². The van der Waals surface area contributed by atoms with Gasteiger partial charge in [0.15, 0.2) is 10.3 Å². The largest absolute Gasteiger partial charge is 0.497 e. The van der Waals surface area contributed by atoms with Crippen molar-refractivity contribution in [3.05, 3.63) is 39.8 Å². The Morgan fingerprint density at radius 2 is 2.27 bits per heavy atom. The summed E-state index contributed by atoms with van der Waals surface area (Å²) < 4.78 is 6.14. The number of ether oxygens (including phenoxy) is 1. The fourth-order valence-corrected chi connectivity index (χ4v) is 4.45. The molecule has 0 bridgehead atoms. The molecule has 0 atom stereocenters. The topological polar surface area (TPSA) is 97.0 Å². The summed E-state index contributed by atoms with van der Waals surface area (Å²) in [5.41, 5.74) is 2.36. The van der Waals surface area contributed by atoms with Crippen molar-refractivity contribution in [2.75, 3.05) is 18.2 Å². The molecule has 0 fully saturated rings. The van der Waals surface area contributed by atoms with Crippen LogP contribution in [0.15, 0.2) is 28.2 Å². The SMILES string of the molecule is COc1ccc2nc(NC(=O)CSc3nc4c(c(=O)[nH]3)CCC4)sc2c1. The fraction of sp³-hybridized carbons (Fsp3) is 0.294. The first-order valence-corrected chi connectivity index (χ1v) is 9.92. The van der Waals surface area contributed by atoms with Crippen molar-refractivity contribution in [2.24, 2.45) is 0 Å². The Balaban J connectivity index is 1.41. The van der Waals surface area contributed by atoms with Crippen molar-refractivity contribution in [1.29, 1.82) is 0 Å². The third-order valence-electron chi connectivity index (χ3n) is 4.10. The van der Waals surface area contributed by atoms with E-state index in [0.717, 1.165) is 46.5 Å². The number of H-pyrrole nitrogens is 1. The van der Waals surface area contributed by atoms with Gasteiger partial charge in [0.1, 0.15) is 5.75 Å². The highest BCUT2D eigenvalue weighted by Gasteiger charge is 2.18. The summed E-state index contributed by atoms with van der Waals surface area (Å²) in [5.74, 6) is 0.714. The van der Waals surface area contributed by atoms with Crippen LogP contribution < -0.4 is 15.6 Å². The molecule has 0 radical (unpaired) electrons. The van der Waals surface area contributed by atoms with Gasteiger partial charge in [-0.3, -0.25) is 9.59 Å². The van der Waals surface area contributed by atoms with Crippen LogP contribution in [0.4, 0.5) is 5.13 Å². The van der Waals surface area contributed by atoms with E-state index in [0.29, 0.717) is 10.3 Å². The highest BCUT2D eigenvalue weighted by atomic mass is 32.2. The minimum absolute atomic E-state index is 0.0875. The van der Waals surface area contributed by atoms with Crippen LogP contribution in [-0.4, -0.2) is 33.7 Å². The molecule has 26 heavy (non-hydrogen) atoms. The number of hydrogen-bond donors (Lipinski definition) is 2. The zero-order chi connectivity index (χ0) is 18.1. The van der Waals surface area contributed by atoms with Crippen LogP contribution in [0.5, 0.6) is 5.75 Å². The second kappa shape index (κ2) is 7.08. The molecule has 0 spiro atoms. The summed E-state index contributed by atoms with van der Waals surface area (Å²) in [5, 5.41) is 3.82. The molecule has 1 aliphatic rings. The van der Waals surface area contributed by atoms with Crippen molar-refractivity contribution in [1.82, 2.24) is 15.0 Å². The van der Waals surface area contributed by atoms with Gasteiger partial charge < -0.3 is 15.0 Å². The molecule has 134 valence electrons. The van der Waals surface area contributed by atoms with Gasteiger partial charge in [0.2, 0.25) is 5.91 Å². The number of rotatable bonds is 5. The van der Waals surface area contributed by atoms with E-state index < -0.39 is 0 Å². The Morgan fingerprint density at radius 1 is 1.38 bits per heavy atom. The quantitative estimate of drug-likeness (QED) is 0.515. The number of methoxy groups -OCH3 is 1. The van der Waals surface area contributed by atoms with E-state index in [4.69, 9.17) is 4.74 Å². The highest BCUT2D eigenvalue weighted by Crippen LogP contribution is 2.29. The summed E-state index contributed by atoms with van der Waals surface area (Å²) in [6.45, 7) is 0. The first-order valence-electron chi connectivity index (χ1n) is 8.11. The lowest BCUT2D eigenvalue weighted by molar-refractivity contribution is -0.113. The van der Waals surface area contributed by atoms with E-state index in [1.165, 1.54) is 23.1 Å². The maximum Gasteiger partial charge on any atom is 0.254 e. The predicted octanol–water partition coefficient (Wildman–Crippen LogP) is 2.61. The standard InChI is InChI=1S/C17H16N4O3S2/c1-24-9-5-6-12-13(7-9)26-17(19-12)20-14(22)8-25-16-18-11-4-2-3-10(11)15(23)21-16/h5-7H,2-4,8H2,1H3,(H,18,21,23)(H,19,20,22). The lowest BCUT2D eigenvalue weighted by Crippen LogP contribution is -2.17. The van der Waals surface area contributed by atoms with Gasteiger partial charge in [-0.2, -0.15) is 0 Å². The third-order valence-corrected chi connectivity index (χ3v) is 5.91. The number of aromatic nitrogens is 3. The minimum atomic E-state index is -0.191. The number of carbonyl (C=O) groups excluding carboxylic acids is 1. The number of thioether (sulfide) groups is 1. The average molecular weight is 388 g/mol. The number of carbonyl (C=O) groups is 1. The Labute approximate surface area is 157 Å². The number of thiazole rings is 1. The molecule has 0 saturated carbocycles. The number of nitrogens with one attached hydrogen (secondary N) is 2. The van der Waals surface area contributed by atoms with Crippen LogP contribution >= 0.6 is 23.1 Å². The van der Waals surface area contributed by atoms with E-state index >= 15 is 0 Å². The van der Waals surface area contributed by atoms with E-state index in [-0.39, 0.29) is 17.2 Å². The van der Waals surface area contributed by atoms with E-state index in [1.54, 1.807) is 7.11 Å². The monoisotopic (exact) mass is 388 g/mol. The molecule has 3 aromatic rings. The van der Waals surface area contributed by atoms with Gasteiger partial charge in [-0.25, -0.2) is 9.97 Å². The van der Waals surface area contributed by atoms with Crippen molar-refractivity contribution in [3.63, 3.8) is 0 Å². The van der Waals surface area contributed by atoms with Crippen molar-refractivity contribution in [2.45, 2.75) is 24.4 Å². The van der Waals surface area contributed by atoms with E-state index in [1.807, 2.05) is 18.2 Å². The van der Waals surface area contributed by atoms with Gasteiger partial charge in [0.05, 0.1) is 28.8 Å². The molecular weight excluding hydrogens is 372 g/mol. The molecule has 0 saturated heterocycles. The maximum absolute atomic E-state index is 12.2. The number of aryl methyl sites for hydroxylation is 1. The van der Waals surface area contributed by atoms with Gasteiger partial charge in [-0.05, 0) is 37.5 Å². The summed E-state index contributed by atoms with van der Waals surface area (Å²) in [6.07, 6.45) is 2.57. The lowest BCUT2D eigenvalue weighted by atomic mass is 10.3. The molecular formula is C17H16N4O3S2. The van der Waals surface area contributed by atoms with Crippen molar-refractivity contribution < 1.29 is 9.53 Å². The van der Waals surface area contributed by atoms with Crippen LogP contribution in [0.1, 0.15) is 17.7 Å². The molecule has 2 heterocycles. The van der Waals surface area contributed by atoms with Crippen LogP contribution in [-0.2, 0) is 17.6 Å². The van der Waals surface area contributed by atoms with Gasteiger partial charge in [0, 0.05) is 5.56 Å². The summed E-state index contributed by atoms with van der Waals surface area (Å²) in [7, 11) is 1.61. The number of hydrogen-bond acceptors (Lipinski definition) is 7. The van der Waals surface area contributed by atoms with Crippen molar-refractivity contribution in [3.8, 4) is 5.75 Å². The molecule has 1 aromatic carbocycles. The molecule has 9 heteroatoms. The van der Waals surface area contributed by atoms with Gasteiger partial charge in [0.25, 0.3) is 5.56 Å². The Hall–Kier alpha value is -2.39. The second-order valence-corrected chi connectivity index (χ2v) is 7.83. The maximum atomic E-state index is 12.2. The number of anilines is 1. The number of benzene rings is 1. The van der Waals surface area contributed by atoms with Crippen molar-refractivity contribution >= 4 is 44.4 Å². The molecule has 4 rings (SSSR count). The molecule has 1 amide bonds. The summed E-state index contributed by atoms with van der Waals surface area (Å²) in [6, 6.07) is 5.57. The molecule has 7 nitrogen and oxygen atoms in total. The second-order valence-electron chi connectivity index (χ2n) is 5.84. The Morgan fingerprint density at radius 3 is 3.12 bits per heavy atom. The van der Waals surface area contributed by atoms with Crippen LogP contribution in [0.2, 0.25) is 0 Å². The first-order chi connectivity index (χ1) is 12.6. The number of fused-ring (bicyclic) bond motifs is 2. The van der Waals surface area contributed by atoms with E-state index in [2.05, 4.69) is 20.3 Å². The highest BCUT2D eigenvalue weighted by molar-refractivity contribution is 7.99. The zero-order valence-corrected chi connectivity index (χ0v) is 15.6. The fourth-order valence-electron chi connectivity index (χ4n) is 2.86. The smallest absolute Gasteiger partial charge is 0.254 e. The number of nitrogens with zero attached hydrogens (tertiary/aromatic N) is 2. The summed E-state index contributed by atoms with van der Waals surface area (Å²) in [4.78, 5) is 35.8. The minimum Gasteiger partial charge on any atom is -0.497 e. The van der Waals surface area contributed by atoms with Crippen LogP contribution in [0.3, 0.4) is 0 Å². The first kappa shape index (κ1) is 17.0. The van der Waals surface area contributed by atoms with E-state index in [9.17, 15) is 9.59 Å². The van der Waals surface area contributed by atoms with Gasteiger partial charge in [-0.15, -0.1) is 0 Å². The Bertz CT molecular complexity index is 1040. The predicted molar refractivity (Wildman–Crippen MR) is 102 cm³/mol. The molecule has 0 unspecified atom stereocenters. The third kappa shape index (κ3) is 3.45. The average Bonchev–Trinajstić information content (AvgIpc) is 3.25. The normalized spacial score (nSPS) is 13.0. The molecule has 2 aromatic heterocycles. The summed E-state index contributed by atoms with van der Waals surface area (Å²) >= 11 is 2.61. The van der Waals surface area contributed by atoms with Gasteiger partial charge >= 0.3 is 0 Å². The zero-order valence-electron chi connectivity index (χ0n) is 14.0. The molecule has 1 aliphatic carbocycles. The number of aromatic amines is 1. The lowest BCUT2D eigenvalue weighted by Gasteiger charge is -2.03. The Kier molecular flexibility index (Phi) is 4.64.